The molecular formula is C15H17N3O7S. The molecule has 1 aromatic carbocycles. The number of primary amides is 1. The summed E-state index contributed by atoms with van der Waals surface area (Å²) < 4.78 is 39.5. The number of para-hydroxylation sites is 2. The average Bonchev–Trinajstić information content (AvgIpc) is 2.59. The Balaban J connectivity index is 2.66. The van der Waals surface area contributed by atoms with E-state index in [1.165, 1.54) is 7.11 Å². The number of rotatable bonds is 8. The van der Waals surface area contributed by atoms with Gasteiger partial charge in [0, 0.05) is 6.26 Å². The Morgan fingerprint density at radius 2 is 1.88 bits per heavy atom. The maximum atomic E-state index is 11.8. The molecule has 1 aromatic heterocycles. The molecule has 26 heavy (non-hydrogen) atoms. The highest BCUT2D eigenvalue weighted by molar-refractivity contribution is 7.90. The third-order valence-electron chi connectivity index (χ3n) is 2.99. The Morgan fingerprint density at radius 3 is 2.42 bits per heavy atom. The average molecular weight is 383 g/mol. The summed E-state index contributed by atoms with van der Waals surface area (Å²) in [6.07, 6.45) is 0.865. The van der Waals surface area contributed by atoms with Crippen molar-refractivity contribution < 1.29 is 32.5 Å². The molecule has 0 atom stereocenters. The maximum absolute atomic E-state index is 11.8. The Morgan fingerprint density at radius 1 is 1.23 bits per heavy atom. The molecule has 0 spiro atoms. The maximum Gasteiger partial charge on any atom is 0.271 e. The van der Waals surface area contributed by atoms with Gasteiger partial charge in [-0.1, -0.05) is 12.1 Å². The molecule has 1 amide bonds. The van der Waals surface area contributed by atoms with E-state index >= 15 is 0 Å². The molecule has 0 aliphatic rings. The quantitative estimate of drug-likeness (QED) is 0.607. The first kappa shape index (κ1) is 19.4. The molecule has 3 N–H and O–H groups in total. The van der Waals surface area contributed by atoms with Crippen LogP contribution in [0.15, 0.2) is 29.4 Å². The zero-order valence-corrected chi connectivity index (χ0v) is 14.8. The van der Waals surface area contributed by atoms with Gasteiger partial charge in [0.15, 0.2) is 17.2 Å². The van der Waals surface area contributed by atoms with Crippen LogP contribution in [0.4, 0.5) is 0 Å². The Bertz CT molecular complexity index is 915. The second kappa shape index (κ2) is 7.97. The monoisotopic (exact) mass is 383 g/mol. The van der Waals surface area contributed by atoms with Crippen LogP contribution in [0.5, 0.6) is 23.1 Å². The van der Waals surface area contributed by atoms with Gasteiger partial charge in [0.25, 0.3) is 16.9 Å². The minimum absolute atomic E-state index is 0.196. The molecule has 2 aromatic rings. The van der Waals surface area contributed by atoms with Crippen molar-refractivity contribution in [2.24, 2.45) is 5.73 Å². The van der Waals surface area contributed by atoms with Crippen molar-refractivity contribution >= 4 is 15.7 Å². The predicted octanol–water partition coefficient (Wildman–Crippen LogP) is 0.151. The van der Waals surface area contributed by atoms with E-state index in [4.69, 9.17) is 25.1 Å². The van der Waals surface area contributed by atoms with Crippen LogP contribution in [0.1, 0.15) is 10.5 Å². The standard InChI is InChI=1S/C15H17N3O7S/c1-23-9-5-3-4-6-10(9)25-12-11(13(16)20)17-15(26(2,21)22)18-14(12)24-8-7-19/h3-6,19H,7-8H2,1-2H3,(H2,16,20). The first-order chi connectivity index (χ1) is 12.3. The van der Waals surface area contributed by atoms with Crippen molar-refractivity contribution in [2.75, 3.05) is 26.6 Å². The normalized spacial score (nSPS) is 11.0. The molecule has 0 saturated heterocycles. The van der Waals surface area contributed by atoms with Gasteiger partial charge < -0.3 is 25.1 Å². The summed E-state index contributed by atoms with van der Waals surface area (Å²) in [7, 11) is -2.44. The Kier molecular flexibility index (Phi) is 5.95. The van der Waals surface area contributed by atoms with Crippen LogP contribution in [-0.2, 0) is 9.84 Å². The van der Waals surface area contributed by atoms with Gasteiger partial charge >= 0.3 is 0 Å². The molecule has 0 saturated carbocycles. The van der Waals surface area contributed by atoms with Crippen LogP contribution < -0.4 is 19.9 Å². The molecular weight excluding hydrogens is 366 g/mol. The highest BCUT2D eigenvalue weighted by Gasteiger charge is 2.26. The number of aliphatic hydroxyl groups excluding tert-OH is 1. The van der Waals surface area contributed by atoms with Gasteiger partial charge in [-0.25, -0.2) is 13.4 Å². The van der Waals surface area contributed by atoms with E-state index < -0.39 is 26.6 Å². The summed E-state index contributed by atoms with van der Waals surface area (Å²) in [5.74, 6) is -1.15. The summed E-state index contributed by atoms with van der Waals surface area (Å²) in [5, 5.41) is 8.30. The van der Waals surface area contributed by atoms with Gasteiger partial charge in [0.1, 0.15) is 6.61 Å². The van der Waals surface area contributed by atoms with E-state index in [2.05, 4.69) is 9.97 Å². The minimum atomic E-state index is -3.86. The third-order valence-corrected chi connectivity index (χ3v) is 3.84. The number of nitrogens with zero attached hydrogens (tertiary/aromatic N) is 2. The number of carbonyl (C=O) groups excluding carboxylic acids is 1. The Labute approximate surface area is 149 Å². The number of benzene rings is 1. The van der Waals surface area contributed by atoms with Gasteiger partial charge in [-0.05, 0) is 12.1 Å². The minimum Gasteiger partial charge on any atom is -0.493 e. The van der Waals surface area contributed by atoms with Crippen LogP contribution in [0.25, 0.3) is 0 Å². The molecule has 10 nitrogen and oxygen atoms in total. The van der Waals surface area contributed by atoms with E-state index in [0.29, 0.717) is 5.75 Å². The molecule has 0 aliphatic heterocycles. The van der Waals surface area contributed by atoms with E-state index in [-0.39, 0.29) is 30.6 Å². The highest BCUT2D eigenvalue weighted by Crippen LogP contribution is 2.37. The van der Waals surface area contributed by atoms with Crippen LogP contribution in [0.2, 0.25) is 0 Å². The smallest absolute Gasteiger partial charge is 0.271 e. The van der Waals surface area contributed by atoms with Gasteiger partial charge in [0.05, 0.1) is 13.7 Å². The topological polar surface area (TPSA) is 151 Å². The lowest BCUT2D eigenvalue weighted by Crippen LogP contribution is -2.19. The number of methoxy groups -OCH3 is 1. The lowest BCUT2D eigenvalue weighted by molar-refractivity contribution is 0.0990. The predicted molar refractivity (Wildman–Crippen MR) is 89.3 cm³/mol. The number of sulfone groups is 1. The summed E-state index contributed by atoms with van der Waals surface area (Å²) in [5.41, 5.74) is 4.82. The zero-order valence-electron chi connectivity index (χ0n) is 14.0. The molecule has 0 bridgehead atoms. The second-order valence-electron chi connectivity index (χ2n) is 4.95. The van der Waals surface area contributed by atoms with Crippen molar-refractivity contribution in [3.63, 3.8) is 0 Å². The van der Waals surface area contributed by atoms with Crippen molar-refractivity contribution in [3.05, 3.63) is 30.0 Å². The number of aromatic nitrogens is 2. The second-order valence-corrected chi connectivity index (χ2v) is 6.86. The van der Waals surface area contributed by atoms with Gasteiger partial charge in [-0.15, -0.1) is 0 Å². The third kappa shape index (κ3) is 4.37. The molecule has 1 heterocycles. The van der Waals surface area contributed by atoms with E-state index in [0.717, 1.165) is 6.26 Å². The molecule has 11 heteroatoms. The van der Waals surface area contributed by atoms with Crippen LogP contribution in [0, 0.1) is 0 Å². The summed E-state index contributed by atoms with van der Waals surface area (Å²) >= 11 is 0. The van der Waals surface area contributed by atoms with E-state index in [1.807, 2.05) is 0 Å². The lowest BCUT2D eigenvalue weighted by atomic mass is 10.3. The molecule has 0 fully saturated rings. The largest absolute Gasteiger partial charge is 0.493 e. The van der Waals surface area contributed by atoms with Crippen molar-refractivity contribution in [3.8, 4) is 23.1 Å². The van der Waals surface area contributed by atoms with Crippen molar-refractivity contribution in [1.29, 1.82) is 0 Å². The van der Waals surface area contributed by atoms with Gasteiger partial charge in [0.2, 0.25) is 15.6 Å². The fraction of sp³-hybridized carbons (Fsp3) is 0.267. The molecule has 0 aliphatic carbocycles. The first-order valence-corrected chi connectivity index (χ1v) is 9.13. The molecule has 0 radical (unpaired) electrons. The number of hydrogen-bond donors (Lipinski definition) is 2. The number of carbonyl (C=O) groups is 1. The van der Waals surface area contributed by atoms with Crippen LogP contribution in [0.3, 0.4) is 0 Å². The SMILES string of the molecule is COc1ccccc1Oc1c(OCCO)nc(S(C)(=O)=O)nc1C(N)=O. The van der Waals surface area contributed by atoms with E-state index in [1.54, 1.807) is 24.3 Å². The number of amides is 1. The summed E-state index contributed by atoms with van der Waals surface area (Å²) in [4.78, 5) is 19.2. The van der Waals surface area contributed by atoms with Crippen molar-refractivity contribution in [1.82, 2.24) is 9.97 Å². The molecule has 2 rings (SSSR count). The first-order valence-electron chi connectivity index (χ1n) is 7.24. The van der Waals surface area contributed by atoms with Crippen LogP contribution >= 0.6 is 0 Å². The number of nitrogens with two attached hydrogens (primary N) is 1. The van der Waals surface area contributed by atoms with Crippen LogP contribution in [-0.4, -0.2) is 56.0 Å². The summed E-state index contributed by atoms with van der Waals surface area (Å²) in [6, 6.07) is 6.51. The number of hydrogen-bond acceptors (Lipinski definition) is 9. The number of ether oxygens (including phenoxy) is 3. The van der Waals surface area contributed by atoms with Gasteiger partial charge in [-0.2, -0.15) is 4.98 Å². The summed E-state index contributed by atoms with van der Waals surface area (Å²) in [6.45, 7) is -0.598. The van der Waals surface area contributed by atoms with E-state index in [9.17, 15) is 13.2 Å². The lowest BCUT2D eigenvalue weighted by Gasteiger charge is -2.15. The number of aliphatic hydroxyl groups is 1. The fourth-order valence-corrected chi connectivity index (χ4v) is 2.39. The van der Waals surface area contributed by atoms with Crippen molar-refractivity contribution in [2.45, 2.75) is 5.16 Å². The molecule has 140 valence electrons. The zero-order chi connectivity index (χ0) is 19.3. The van der Waals surface area contributed by atoms with Gasteiger partial charge in [-0.3, -0.25) is 4.79 Å². The fourth-order valence-electron chi connectivity index (χ4n) is 1.89. The Hall–Kier alpha value is -2.92. The highest BCUT2D eigenvalue weighted by atomic mass is 32.2. The molecule has 0 unspecified atom stereocenters.